The van der Waals surface area contributed by atoms with Gasteiger partial charge in [0.15, 0.2) is 11.5 Å². The van der Waals surface area contributed by atoms with Crippen LogP contribution in [0.25, 0.3) is 6.08 Å². The first-order valence-electron chi connectivity index (χ1n) is 11.7. The SMILES string of the molecule is C=CCc1cc(/C=C2\C(=O)NC(=O)N(c3ccc(C)cc3)C2=O)ccc1OCc1ccc2c(c1)OCO2. The Morgan fingerprint density at radius 1 is 1.00 bits per heavy atom. The highest BCUT2D eigenvalue weighted by atomic mass is 16.7. The van der Waals surface area contributed by atoms with Crippen LogP contribution in [-0.4, -0.2) is 24.6 Å². The van der Waals surface area contributed by atoms with Crippen molar-refractivity contribution in [3.8, 4) is 17.2 Å². The molecule has 0 radical (unpaired) electrons. The molecule has 8 heteroatoms. The van der Waals surface area contributed by atoms with Gasteiger partial charge in [0.05, 0.1) is 5.69 Å². The molecule has 8 nitrogen and oxygen atoms in total. The maximum absolute atomic E-state index is 13.2. The maximum atomic E-state index is 13.2. The van der Waals surface area contributed by atoms with Crippen LogP contribution in [-0.2, 0) is 22.6 Å². The fourth-order valence-electron chi connectivity index (χ4n) is 4.09. The number of nitrogens with zero attached hydrogens (tertiary/aromatic N) is 1. The molecule has 186 valence electrons. The quantitative estimate of drug-likeness (QED) is 0.290. The number of anilines is 1. The zero-order valence-electron chi connectivity index (χ0n) is 20.2. The Balaban J connectivity index is 1.39. The number of carbonyl (C=O) groups excluding carboxylic acids is 3. The number of rotatable bonds is 7. The average Bonchev–Trinajstić information content (AvgIpc) is 3.35. The van der Waals surface area contributed by atoms with Crippen LogP contribution in [0.1, 0.15) is 22.3 Å². The van der Waals surface area contributed by atoms with Crippen molar-refractivity contribution in [2.24, 2.45) is 0 Å². The highest BCUT2D eigenvalue weighted by Crippen LogP contribution is 2.33. The standard InChI is InChI=1S/C29H24N2O6/c1-3-4-21-13-19(7-11-24(21)35-16-20-8-12-25-26(15-20)37-17-36-25)14-23-27(32)30-29(34)31(28(23)33)22-9-5-18(2)6-10-22/h3,5-15H,1,4,16-17H2,2H3,(H,30,32,34)/b23-14+. The third-order valence-corrected chi connectivity index (χ3v) is 5.98. The summed E-state index contributed by atoms with van der Waals surface area (Å²) in [6.07, 6.45) is 3.73. The lowest BCUT2D eigenvalue weighted by Crippen LogP contribution is -2.54. The Labute approximate surface area is 213 Å². The van der Waals surface area contributed by atoms with Gasteiger partial charge in [0.1, 0.15) is 17.9 Å². The van der Waals surface area contributed by atoms with Crippen molar-refractivity contribution in [3.63, 3.8) is 0 Å². The third-order valence-electron chi connectivity index (χ3n) is 5.98. The molecule has 0 bridgehead atoms. The summed E-state index contributed by atoms with van der Waals surface area (Å²) in [7, 11) is 0. The number of imide groups is 2. The van der Waals surface area contributed by atoms with Crippen LogP contribution in [0.3, 0.4) is 0 Å². The van der Waals surface area contributed by atoms with Crippen LogP contribution < -0.4 is 24.4 Å². The zero-order valence-corrected chi connectivity index (χ0v) is 20.2. The molecule has 0 aromatic heterocycles. The first-order valence-corrected chi connectivity index (χ1v) is 11.7. The molecule has 0 aliphatic carbocycles. The van der Waals surface area contributed by atoms with Crippen molar-refractivity contribution in [2.45, 2.75) is 20.0 Å². The summed E-state index contributed by atoms with van der Waals surface area (Å²) in [5.41, 5.74) is 3.59. The van der Waals surface area contributed by atoms with Gasteiger partial charge in [0.2, 0.25) is 6.79 Å². The van der Waals surface area contributed by atoms with Gasteiger partial charge in [-0.25, -0.2) is 9.69 Å². The van der Waals surface area contributed by atoms with Crippen molar-refractivity contribution in [3.05, 3.63) is 101 Å². The average molecular weight is 497 g/mol. The number of fused-ring (bicyclic) bond motifs is 1. The van der Waals surface area contributed by atoms with E-state index in [2.05, 4.69) is 11.9 Å². The molecule has 1 saturated heterocycles. The highest BCUT2D eigenvalue weighted by molar-refractivity contribution is 6.39. The van der Waals surface area contributed by atoms with E-state index in [1.165, 1.54) is 6.08 Å². The molecule has 0 spiro atoms. The van der Waals surface area contributed by atoms with Crippen LogP contribution in [0, 0.1) is 6.92 Å². The number of ether oxygens (including phenoxy) is 3. The van der Waals surface area contributed by atoms with Crippen LogP contribution in [0.4, 0.5) is 10.5 Å². The second-order valence-corrected chi connectivity index (χ2v) is 8.63. The van der Waals surface area contributed by atoms with E-state index in [4.69, 9.17) is 14.2 Å². The van der Waals surface area contributed by atoms with E-state index in [0.29, 0.717) is 41.5 Å². The second-order valence-electron chi connectivity index (χ2n) is 8.63. The Morgan fingerprint density at radius 3 is 2.57 bits per heavy atom. The topological polar surface area (TPSA) is 94.2 Å². The van der Waals surface area contributed by atoms with E-state index in [0.717, 1.165) is 21.6 Å². The fraction of sp³-hybridized carbons (Fsp3) is 0.138. The molecule has 37 heavy (non-hydrogen) atoms. The van der Waals surface area contributed by atoms with E-state index in [-0.39, 0.29) is 12.4 Å². The highest BCUT2D eigenvalue weighted by Gasteiger charge is 2.36. The van der Waals surface area contributed by atoms with Gasteiger partial charge in [0.25, 0.3) is 11.8 Å². The number of barbiturate groups is 1. The van der Waals surface area contributed by atoms with E-state index in [1.807, 2.05) is 31.2 Å². The Bertz CT molecular complexity index is 1440. The zero-order chi connectivity index (χ0) is 25.9. The molecule has 3 aromatic carbocycles. The summed E-state index contributed by atoms with van der Waals surface area (Å²) in [6.45, 7) is 6.24. The molecule has 2 heterocycles. The molecule has 1 fully saturated rings. The van der Waals surface area contributed by atoms with Gasteiger partial charge in [0, 0.05) is 0 Å². The summed E-state index contributed by atoms with van der Waals surface area (Å²) in [5.74, 6) is 0.605. The van der Waals surface area contributed by atoms with Crippen molar-refractivity contribution in [1.82, 2.24) is 5.32 Å². The number of carbonyl (C=O) groups is 3. The molecule has 0 unspecified atom stereocenters. The smallest absolute Gasteiger partial charge is 0.335 e. The molecule has 2 aliphatic heterocycles. The van der Waals surface area contributed by atoms with Gasteiger partial charge >= 0.3 is 6.03 Å². The molecule has 0 saturated carbocycles. The van der Waals surface area contributed by atoms with Gasteiger partial charge in [-0.1, -0.05) is 35.9 Å². The molecular weight excluding hydrogens is 472 g/mol. The second kappa shape index (κ2) is 10.0. The van der Waals surface area contributed by atoms with Crippen LogP contribution in [0.5, 0.6) is 17.2 Å². The lowest BCUT2D eigenvalue weighted by molar-refractivity contribution is -0.122. The van der Waals surface area contributed by atoms with Gasteiger partial charge in [-0.05, 0) is 72.5 Å². The lowest BCUT2D eigenvalue weighted by atomic mass is 10.0. The number of amides is 4. The molecule has 2 aliphatic rings. The number of allylic oxidation sites excluding steroid dienone is 1. The molecule has 1 N–H and O–H groups in total. The largest absolute Gasteiger partial charge is 0.489 e. The van der Waals surface area contributed by atoms with Crippen LogP contribution in [0.15, 0.2) is 78.9 Å². The van der Waals surface area contributed by atoms with Gasteiger partial charge < -0.3 is 14.2 Å². The summed E-state index contributed by atoms with van der Waals surface area (Å²) < 4.78 is 16.8. The minimum absolute atomic E-state index is 0.140. The normalized spacial score (nSPS) is 15.6. The molecule has 5 rings (SSSR count). The van der Waals surface area contributed by atoms with Crippen molar-refractivity contribution in [1.29, 1.82) is 0 Å². The molecular formula is C29H24N2O6. The fourth-order valence-corrected chi connectivity index (χ4v) is 4.09. The summed E-state index contributed by atoms with van der Waals surface area (Å²) in [6, 6.07) is 17.1. The first-order chi connectivity index (χ1) is 17.9. The summed E-state index contributed by atoms with van der Waals surface area (Å²) >= 11 is 0. The number of hydrogen-bond donors (Lipinski definition) is 1. The predicted molar refractivity (Wildman–Crippen MR) is 137 cm³/mol. The van der Waals surface area contributed by atoms with Crippen molar-refractivity contribution >= 4 is 29.6 Å². The third kappa shape index (κ3) is 4.95. The Morgan fingerprint density at radius 2 is 1.78 bits per heavy atom. The van der Waals surface area contributed by atoms with E-state index in [9.17, 15) is 14.4 Å². The maximum Gasteiger partial charge on any atom is 0.335 e. The van der Waals surface area contributed by atoms with E-state index >= 15 is 0 Å². The minimum Gasteiger partial charge on any atom is -0.489 e. The van der Waals surface area contributed by atoms with Gasteiger partial charge in [-0.15, -0.1) is 6.58 Å². The number of hydrogen-bond acceptors (Lipinski definition) is 6. The Hall–Kier alpha value is -4.85. The van der Waals surface area contributed by atoms with E-state index < -0.39 is 17.8 Å². The number of urea groups is 1. The monoisotopic (exact) mass is 496 g/mol. The Kier molecular flexibility index (Phi) is 6.47. The molecule has 0 atom stereocenters. The predicted octanol–water partition coefficient (Wildman–Crippen LogP) is 4.70. The number of aryl methyl sites for hydroxylation is 1. The van der Waals surface area contributed by atoms with Gasteiger partial charge in [-0.2, -0.15) is 0 Å². The molecule has 3 aromatic rings. The minimum atomic E-state index is -0.782. The lowest BCUT2D eigenvalue weighted by Gasteiger charge is -2.26. The number of benzene rings is 3. The van der Waals surface area contributed by atoms with Crippen molar-refractivity contribution in [2.75, 3.05) is 11.7 Å². The first kappa shape index (κ1) is 23.9. The van der Waals surface area contributed by atoms with Crippen LogP contribution in [0.2, 0.25) is 0 Å². The number of nitrogens with one attached hydrogen (secondary N) is 1. The van der Waals surface area contributed by atoms with Crippen LogP contribution >= 0.6 is 0 Å². The molecule has 4 amide bonds. The van der Waals surface area contributed by atoms with Crippen molar-refractivity contribution < 1.29 is 28.6 Å². The van der Waals surface area contributed by atoms with Gasteiger partial charge in [-0.3, -0.25) is 14.9 Å². The summed E-state index contributed by atoms with van der Waals surface area (Å²) in [4.78, 5) is 39.1. The van der Waals surface area contributed by atoms with E-state index in [1.54, 1.807) is 42.5 Å². The summed E-state index contributed by atoms with van der Waals surface area (Å²) in [5, 5.41) is 2.25.